The molecule has 8 heteroatoms. The van der Waals surface area contributed by atoms with Gasteiger partial charge < -0.3 is 9.97 Å². The van der Waals surface area contributed by atoms with Crippen LogP contribution in [0.5, 0.6) is 0 Å². The number of pyridine rings is 3. The maximum atomic E-state index is 5.92. The average Bonchev–Trinajstić information content (AvgIpc) is 1.38. The molecular weight excluding hydrogens is 1400 g/mol. The highest BCUT2D eigenvalue weighted by Crippen LogP contribution is 2.87. The molecule has 8 nitrogen and oxygen atoms in total. The highest BCUT2D eigenvalue weighted by molar-refractivity contribution is 6.82. The van der Waals surface area contributed by atoms with Crippen molar-refractivity contribution < 1.29 is 13.7 Å². The first kappa shape index (κ1) is 50.6. The fourth-order valence-corrected chi connectivity index (χ4v) is 32.8. The van der Waals surface area contributed by atoms with Crippen LogP contribution in [-0.2, 0) is 32.0 Å². The minimum atomic E-state index is -0.494. The Balaban J connectivity index is 0.667. The number of benzene rings is 19. The number of likely N-dealkylation sites (tertiary alicyclic amines) is 1. The third kappa shape index (κ3) is 3.78. The van der Waals surface area contributed by atoms with Gasteiger partial charge in [0.2, 0.25) is 0 Å². The van der Waals surface area contributed by atoms with E-state index in [1.54, 1.807) is 313 Å². The first-order chi connectivity index (χ1) is 56.8. The molecule has 1 atom stereocenters. The van der Waals surface area contributed by atoms with Crippen molar-refractivity contribution in [3.63, 3.8) is 0 Å². The maximum absolute atomic E-state index is 5.92. The summed E-state index contributed by atoms with van der Waals surface area (Å²) >= 11 is 0. The van der Waals surface area contributed by atoms with Crippen LogP contribution < -0.4 is 13.7 Å². The molecule has 1 fully saturated rings. The monoisotopic (exact) mass is 1440 g/mol. The van der Waals surface area contributed by atoms with Gasteiger partial charge in [-0.2, -0.15) is 0 Å². The number of nitrogens with one attached hydrogen (secondary N) is 2. The molecule has 1 unspecified atom stereocenters. The number of H-pyrrole nitrogens is 2. The van der Waals surface area contributed by atoms with E-state index >= 15 is 0 Å². The molecule has 1 saturated heterocycles. The number of hydrogen-bond acceptors (Lipinski definition) is 3. The van der Waals surface area contributed by atoms with Gasteiger partial charge in [0, 0.05) is 93.3 Å². The van der Waals surface area contributed by atoms with Crippen molar-refractivity contribution in [2.24, 2.45) is 21.1 Å². The van der Waals surface area contributed by atoms with Crippen molar-refractivity contribution in [3.05, 3.63) is 173 Å². The van der Waals surface area contributed by atoms with Gasteiger partial charge in [-0.05, 0) is 397 Å². The summed E-state index contributed by atoms with van der Waals surface area (Å²) in [4.78, 5) is 22.8. The summed E-state index contributed by atoms with van der Waals surface area (Å²) in [5.41, 5.74) is 23.5. The minimum Gasteiger partial charge on any atom is -0.354 e. The number of aromatic nitrogens is 7. The second kappa shape index (κ2) is 13.7. The average molecular weight is 1440 g/mol. The molecule has 0 amide bonds. The van der Waals surface area contributed by atoms with Gasteiger partial charge in [0.15, 0.2) is 37.2 Å². The number of fused-ring (bicyclic) bond motifs is 8. The number of nitrogens with zero attached hydrogens (tertiary/aromatic N) is 6. The molecule has 115 heavy (non-hydrogen) atoms. The van der Waals surface area contributed by atoms with E-state index in [1.807, 2.05) is 0 Å². The molecule has 3 aliphatic heterocycles. The van der Waals surface area contributed by atoms with E-state index in [9.17, 15) is 0 Å². The highest BCUT2D eigenvalue weighted by Gasteiger charge is 2.76. The van der Waals surface area contributed by atoms with Crippen LogP contribution in [0.15, 0.2) is 122 Å². The molecule has 2 N–H and O–H groups in total. The van der Waals surface area contributed by atoms with Gasteiger partial charge >= 0.3 is 0 Å². The molecule has 8 bridgehead atoms. The van der Waals surface area contributed by atoms with Crippen molar-refractivity contribution in [3.8, 4) is 44.5 Å². The summed E-state index contributed by atoms with van der Waals surface area (Å²) in [5, 5.41) is 88.4. The smallest absolute Gasteiger partial charge is 0.169 e. The fraction of sp³-hybridized carbons (Fsp3) is 0.0748. The lowest BCUT2D eigenvalue weighted by molar-refractivity contribution is -0.671. The fourth-order valence-electron chi connectivity index (χ4n) is 32.8. The Morgan fingerprint density at radius 1 is 0.261 bits per heavy atom. The molecule has 0 radical (unpaired) electrons. The van der Waals surface area contributed by atoms with Crippen LogP contribution in [0.25, 0.3) is 382 Å². The van der Waals surface area contributed by atoms with E-state index in [2.05, 4.69) is 203 Å². The molecule has 7 aliphatic rings. The van der Waals surface area contributed by atoms with Crippen LogP contribution in [0.3, 0.4) is 0 Å². The Morgan fingerprint density at radius 3 is 0.687 bits per heavy atom. The van der Waals surface area contributed by atoms with E-state index < -0.39 is 10.8 Å². The van der Waals surface area contributed by atoms with Gasteiger partial charge in [-0.1, -0.05) is 24.3 Å². The van der Waals surface area contributed by atoms with Crippen LogP contribution in [0.2, 0.25) is 0 Å². The molecule has 35 aromatic rings. The Kier molecular flexibility index (Phi) is 6.00. The predicted molar refractivity (Wildman–Crippen MR) is 473 cm³/mol. The van der Waals surface area contributed by atoms with Crippen molar-refractivity contribution in [1.29, 1.82) is 0 Å². The third-order valence-corrected chi connectivity index (χ3v) is 35.0. The van der Waals surface area contributed by atoms with Gasteiger partial charge in [-0.15, -0.1) is 0 Å². The Labute approximate surface area is 640 Å². The van der Waals surface area contributed by atoms with Crippen LogP contribution >= 0.6 is 0 Å². The number of likely N-dealkylation sites (N-methyl/N-ethyl adjacent to an activating group) is 1. The van der Waals surface area contributed by atoms with Crippen LogP contribution in [0.1, 0.15) is 56.6 Å². The Morgan fingerprint density at radius 2 is 0.461 bits per heavy atom. The van der Waals surface area contributed by atoms with Crippen molar-refractivity contribution in [2.45, 2.75) is 16.9 Å². The van der Waals surface area contributed by atoms with E-state index in [-0.39, 0.29) is 6.04 Å². The van der Waals surface area contributed by atoms with E-state index in [0.29, 0.717) is 0 Å². The van der Waals surface area contributed by atoms with Crippen molar-refractivity contribution in [1.82, 2.24) is 24.8 Å². The molecule has 4 aliphatic carbocycles. The lowest BCUT2D eigenvalue weighted by Crippen LogP contribution is -2.51. The number of aromatic amines is 2. The highest BCUT2D eigenvalue weighted by atomic mass is 15.2. The lowest BCUT2D eigenvalue weighted by atomic mass is 9.47. The molecule has 42 rings (SSSR count). The summed E-state index contributed by atoms with van der Waals surface area (Å²) in [6.07, 6.45) is 21.8. The third-order valence-electron chi connectivity index (χ3n) is 35.0. The van der Waals surface area contributed by atoms with Gasteiger partial charge in [0.1, 0.15) is 21.1 Å². The SMILES string of the molecule is CN1CC23c4c5c6c7c8c9c(c%10c%11c2c2c4c4c%12c5c5c6c6c8c8c%13c9c9c%10c%10c%11c%11c2c2c4c4c%12c%12c5c5c6c8c6c8c%13c9c9c%10c%10c%11c2c2c4c4c%12c5c6c5c8c9c%10c2c45)C73C1c1ccc(-c2c3nc(c(-c4cc[n+](C)cc4)c4ccc([nH]4)c(-c4cc[n+](C)cc4)c4nc(c(-c5cc[n+](C)cc5)c5ccc2[nH]5)C=C4)C=C3)cc1. The minimum absolute atomic E-state index is 0.0232. The quantitative estimate of drug-likeness (QED) is 0.133. The molecular formula is C107H41N8+3. The van der Waals surface area contributed by atoms with Crippen molar-refractivity contribution in [2.75, 3.05) is 13.6 Å². The summed E-state index contributed by atoms with van der Waals surface area (Å²) in [6, 6.07) is 32.7. The van der Waals surface area contributed by atoms with Gasteiger partial charge in [0.25, 0.3) is 0 Å². The second-order valence-corrected chi connectivity index (χ2v) is 38.2. The normalized spacial score (nSPS) is 19.5. The molecule has 6 aromatic heterocycles. The van der Waals surface area contributed by atoms with Gasteiger partial charge in [-0.3, -0.25) is 4.90 Å². The molecule has 506 valence electrons. The first-order valence-electron chi connectivity index (χ1n) is 41.4. The van der Waals surface area contributed by atoms with Crippen LogP contribution in [0, 0.1) is 0 Å². The largest absolute Gasteiger partial charge is 0.354 e. The number of hydrogen-bond donors (Lipinski definition) is 2. The zero-order valence-electron chi connectivity index (χ0n) is 61.3. The topological polar surface area (TPSA) is 72.2 Å². The molecule has 29 aromatic carbocycles. The number of aryl methyl sites for hydroxylation is 3. The zero-order valence-corrected chi connectivity index (χ0v) is 61.3. The predicted octanol–water partition coefficient (Wildman–Crippen LogP) is 24.1. The van der Waals surface area contributed by atoms with Crippen LogP contribution in [-0.4, -0.2) is 38.4 Å². The second-order valence-electron chi connectivity index (χ2n) is 38.2. The summed E-state index contributed by atoms with van der Waals surface area (Å²) in [6.45, 7) is 0.946. The molecule has 0 saturated carbocycles. The van der Waals surface area contributed by atoms with E-state index in [4.69, 9.17) is 9.97 Å². The standard InChI is InChI=1S/C107H40N8/c1-112-23-17-31(18-24-112)44-37-11-9-35(108-37)43(36-10-12-38(109-36)45(32-19-25-113(2)26-20-32)40-14-16-42(111-40)46(41-15-13-39(44)110-41)33-21-27-114(3)28-22-33)30-5-7-34(8-6-30)105-107-103-97-91-81-69-61-53-49-47-48-51-55(53)63(69)73-67-59(51)60-52(48)56-54-50(47)58-57(49)65-71(61)79-85-75(65)76-66(58)72-62(54)70-64(56)74-68(60)78-77(67)89(83(73)91)99(103)100-90(78)84(74)92-82(70)88-80(72)86(76)94-93(85)101(95(97)87(79)81)106(107,29-115(105)4)102(94)96(88)98(92)104(100)107/h5-28,105H,29H2,1-4H3,(H,108,109,110,111)/q+2/p+1. The Bertz CT molecular complexity index is 10600. The van der Waals surface area contributed by atoms with Gasteiger partial charge in [0.05, 0.1) is 33.6 Å². The zero-order chi connectivity index (χ0) is 71.7. The Hall–Kier alpha value is -14.3. The molecule has 2 spiro atoms. The number of rotatable bonds is 5. The van der Waals surface area contributed by atoms with Gasteiger partial charge in [-0.25, -0.2) is 23.7 Å². The summed E-state index contributed by atoms with van der Waals surface area (Å²) in [7, 11) is 8.86. The van der Waals surface area contributed by atoms with Crippen LogP contribution in [0.4, 0.5) is 0 Å². The lowest BCUT2D eigenvalue weighted by Gasteiger charge is -2.52. The first-order valence-corrected chi connectivity index (χ1v) is 41.4. The molecule has 9 heterocycles. The summed E-state index contributed by atoms with van der Waals surface area (Å²) in [5.74, 6) is 0. The maximum Gasteiger partial charge on any atom is 0.169 e. The van der Waals surface area contributed by atoms with Crippen molar-refractivity contribution >= 4 is 337 Å². The van der Waals surface area contributed by atoms with E-state index in [1.165, 1.54) is 5.56 Å². The summed E-state index contributed by atoms with van der Waals surface area (Å²) < 4.78 is 6.32. The van der Waals surface area contributed by atoms with E-state index in [0.717, 1.165) is 95.9 Å².